The predicted molar refractivity (Wildman–Crippen MR) is 41.9 cm³/mol. The van der Waals surface area contributed by atoms with E-state index in [2.05, 4.69) is 4.74 Å². The van der Waals surface area contributed by atoms with Crippen LogP contribution in [-0.2, 0) is 0 Å². The molecule has 1 atom stereocenters. The van der Waals surface area contributed by atoms with Crippen LogP contribution in [0.25, 0.3) is 0 Å². The zero-order valence-corrected chi connectivity index (χ0v) is 6.96. The van der Waals surface area contributed by atoms with Crippen LogP contribution in [0.4, 0.5) is 8.78 Å². The maximum absolute atomic E-state index is 13.1. The fourth-order valence-corrected chi connectivity index (χ4v) is 1.33. The Hall–Kier alpha value is -1.49. The zero-order chi connectivity index (χ0) is 10.3. The van der Waals surface area contributed by atoms with Crippen molar-refractivity contribution in [2.45, 2.75) is 12.7 Å². The van der Waals surface area contributed by atoms with Crippen molar-refractivity contribution in [3.8, 4) is 5.75 Å². The lowest BCUT2D eigenvalue weighted by Crippen LogP contribution is -2.27. The molecular weight excluding hydrogens is 194 g/mol. The molecule has 1 aliphatic rings. The van der Waals surface area contributed by atoms with Gasteiger partial charge in [-0.05, 0) is 6.07 Å². The van der Waals surface area contributed by atoms with Crippen molar-refractivity contribution in [1.82, 2.24) is 0 Å². The minimum atomic E-state index is -1.35. The van der Waals surface area contributed by atoms with Gasteiger partial charge < -0.3 is 9.84 Å². The van der Waals surface area contributed by atoms with E-state index < -0.39 is 23.7 Å². The molecule has 0 amide bonds. The molecular formula is C9H6F2O3. The van der Waals surface area contributed by atoms with Gasteiger partial charge in [-0.2, -0.15) is 0 Å². The number of ether oxygens (including phenoxy) is 1. The molecule has 1 N–H and O–H groups in total. The van der Waals surface area contributed by atoms with E-state index in [1.54, 1.807) is 0 Å². The summed E-state index contributed by atoms with van der Waals surface area (Å²) in [5.74, 6) is -2.73. The second-order valence-electron chi connectivity index (χ2n) is 2.96. The molecule has 74 valence electrons. The Morgan fingerprint density at radius 1 is 1.43 bits per heavy atom. The van der Waals surface area contributed by atoms with Gasteiger partial charge in [-0.1, -0.05) is 0 Å². The molecule has 1 unspecified atom stereocenters. The van der Waals surface area contributed by atoms with E-state index >= 15 is 0 Å². The molecule has 0 spiro atoms. The van der Waals surface area contributed by atoms with E-state index in [1.165, 1.54) is 0 Å². The summed E-state index contributed by atoms with van der Waals surface area (Å²) in [5, 5.41) is 9.02. The molecule has 0 aromatic heterocycles. The number of aliphatic hydroxyl groups excluding tert-OH is 1. The minimum absolute atomic E-state index is 0.159. The molecule has 0 aliphatic carbocycles. The van der Waals surface area contributed by atoms with Gasteiger partial charge in [0.15, 0.2) is 17.3 Å². The summed E-state index contributed by atoms with van der Waals surface area (Å²) in [7, 11) is 0. The highest BCUT2D eigenvalue weighted by atomic mass is 19.1. The molecule has 1 aromatic rings. The summed E-state index contributed by atoms with van der Waals surface area (Å²) in [6.45, 7) is 0. The SMILES string of the molecule is O=C1CC(O)Oc2c(F)cc(F)cc21. The number of hydrogen-bond acceptors (Lipinski definition) is 3. The van der Waals surface area contributed by atoms with E-state index in [9.17, 15) is 13.6 Å². The van der Waals surface area contributed by atoms with E-state index in [4.69, 9.17) is 5.11 Å². The molecule has 0 saturated heterocycles. The smallest absolute Gasteiger partial charge is 0.204 e. The van der Waals surface area contributed by atoms with Gasteiger partial charge in [0.2, 0.25) is 6.29 Å². The van der Waals surface area contributed by atoms with E-state index in [1.807, 2.05) is 0 Å². The number of carbonyl (C=O) groups is 1. The van der Waals surface area contributed by atoms with Gasteiger partial charge in [-0.3, -0.25) is 4.79 Å². The number of aliphatic hydroxyl groups is 1. The average Bonchev–Trinajstić information content (AvgIpc) is 2.07. The van der Waals surface area contributed by atoms with Crippen LogP contribution < -0.4 is 4.74 Å². The molecule has 1 aromatic carbocycles. The fraction of sp³-hybridized carbons (Fsp3) is 0.222. The number of benzene rings is 1. The van der Waals surface area contributed by atoms with Gasteiger partial charge in [-0.15, -0.1) is 0 Å². The summed E-state index contributed by atoms with van der Waals surface area (Å²) >= 11 is 0. The highest BCUT2D eigenvalue weighted by Gasteiger charge is 2.28. The van der Waals surface area contributed by atoms with Crippen molar-refractivity contribution in [2.24, 2.45) is 0 Å². The van der Waals surface area contributed by atoms with Crippen molar-refractivity contribution >= 4 is 5.78 Å². The van der Waals surface area contributed by atoms with Crippen LogP contribution in [0.15, 0.2) is 12.1 Å². The standard InChI is InChI=1S/C9H6F2O3/c10-4-1-5-7(12)3-8(13)14-9(5)6(11)2-4/h1-2,8,13H,3H2. The summed E-state index contributed by atoms with van der Waals surface area (Å²) < 4.78 is 30.4. The van der Waals surface area contributed by atoms with Crippen molar-refractivity contribution in [2.75, 3.05) is 0 Å². The summed E-state index contributed by atoms with van der Waals surface area (Å²) in [5.41, 5.74) is -0.159. The summed E-state index contributed by atoms with van der Waals surface area (Å²) in [4.78, 5) is 11.2. The molecule has 3 nitrogen and oxygen atoms in total. The lowest BCUT2D eigenvalue weighted by atomic mass is 10.0. The first-order valence-electron chi connectivity index (χ1n) is 3.95. The van der Waals surface area contributed by atoms with Crippen molar-refractivity contribution in [3.05, 3.63) is 29.3 Å². The summed E-state index contributed by atoms with van der Waals surface area (Å²) in [6, 6.07) is 1.50. The minimum Gasteiger partial charge on any atom is -0.461 e. The first-order valence-corrected chi connectivity index (χ1v) is 3.95. The Bertz CT molecular complexity index is 403. The van der Waals surface area contributed by atoms with E-state index in [0.717, 1.165) is 6.07 Å². The van der Waals surface area contributed by atoms with Crippen LogP contribution in [0.3, 0.4) is 0 Å². The van der Waals surface area contributed by atoms with Crippen LogP contribution in [-0.4, -0.2) is 17.2 Å². The number of carbonyl (C=O) groups excluding carboxylic acids is 1. The Balaban J connectivity index is 2.59. The largest absolute Gasteiger partial charge is 0.461 e. The van der Waals surface area contributed by atoms with Gasteiger partial charge in [0.05, 0.1) is 12.0 Å². The highest BCUT2D eigenvalue weighted by molar-refractivity contribution is 5.99. The summed E-state index contributed by atoms with van der Waals surface area (Å²) in [6.07, 6.45) is -1.63. The Kier molecular flexibility index (Phi) is 1.96. The molecule has 1 heterocycles. The molecule has 0 saturated carbocycles. The third-order valence-electron chi connectivity index (χ3n) is 1.92. The van der Waals surface area contributed by atoms with Crippen molar-refractivity contribution in [1.29, 1.82) is 0 Å². The van der Waals surface area contributed by atoms with Gasteiger partial charge in [0, 0.05) is 6.07 Å². The molecule has 1 aliphatic heterocycles. The number of Topliss-reactive ketones (excluding diaryl/α,β-unsaturated/α-hetero) is 1. The second kappa shape index (κ2) is 3.02. The molecule has 0 bridgehead atoms. The molecule has 0 radical (unpaired) electrons. The molecule has 2 rings (SSSR count). The molecule has 0 fully saturated rings. The second-order valence-corrected chi connectivity index (χ2v) is 2.96. The Labute approximate surface area is 77.9 Å². The van der Waals surface area contributed by atoms with E-state index in [0.29, 0.717) is 6.07 Å². The fourth-order valence-electron chi connectivity index (χ4n) is 1.33. The van der Waals surface area contributed by atoms with Crippen LogP contribution in [0.5, 0.6) is 5.75 Å². The number of rotatable bonds is 0. The van der Waals surface area contributed by atoms with Crippen molar-refractivity contribution < 1.29 is 23.4 Å². The van der Waals surface area contributed by atoms with E-state index in [-0.39, 0.29) is 17.7 Å². The van der Waals surface area contributed by atoms with Gasteiger partial charge in [-0.25, -0.2) is 8.78 Å². The van der Waals surface area contributed by atoms with Gasteiger partial charge in [0.25, 0.3) is 0 Å². The maximum atomic E-state index is 13.1. The third-order valence-corrected chi connectivity index (χ3v) is 1.92. The zero-order valence-electron chi connectivity index (χ0n) is 6.96. The van der Waals surface area contributed by atoms with Crippen LogP contribution >= 0.6 is 0 Å². The van der Waals surface area contributed by atoms with Crippen LogP contribution in [0, 0.1) is 11.6 Å². The maximum Gasteiger partial charge on any atom is 0.204 e. The van der Waals surface area contributed by atoms with Crippen LogP contribution in [0.2, 0.25) is 0 Å². The number of fused-ring (bicyclic) bond motifs is 1. The Morgan fingerprint density at radius 2 is 2.14 bits per heavy atom. The topological polar surface area (TPSA) is 46.5 Å². The first-order chi connectivity index (χ1) is 6.58. The van der Waals surface area contributed by atoms with Gasteiger partial charge in [0.1, 0.15) is 5.82 Å². The first kappa shape index (κ1) is 9.08. The predicted octanol–water partition coefficient (Wildman–Crippen LogP) is 1.25. The third kappa shape index (κ3) is 1.35. The molecule has 5 heteroatoms. The number of ketones is 1. The van der Waals surface area contributed by atoms with Crippen LogP contribution in [0.1, 0.15) is 16.8 Å². The lowest BCUT2D eigenvalue weighted by Gasteiger charge is -2.21. The highest BCUT2D eigenvalue weighted by Crippen LogP contribution is 2.30. The quantitative estimate of drug-likeness (QED) is 0.685. The monoisotopic (exact) mass is 200 g/mol. The van der Waals surface area contributed by atoms with Gasteiger partial charge >= 0.3 is 0 Å². The number of halogens is 2. The number of hydrogen-bond donors (Lipinski definition) is 1. The normalized spacial score (nSPS) is 20.2. The average molecular weight is 200 g/mol. The van der Waals surface area contributed by atoms with Crippen molar-refractivity contribution in [3.63, 3.8) is 0 Å². The lowest BCUT2D eigenvalue weighted by molar-refractivity contribution is -0.0272. The molecule has 14 heavy (non-hydrogen) atoms. The Morgan fingerprint density at radius 3 is 2.86 bits per heavy atom.